The first-order valence-electron chi connectivity index (χ1n) is 5.57. The number of halogens is 1. The Morgan fingerprint density at radius 2 is 2.33 bits per heavy atom. The molecule has 0 radical (unpaired) electrons. The molecule has 0 aromatic carbocycles. The van der Waals surface area contributed by atoms with Gasteiger partial charge < -0.3 is 15.0 Å². The van der Waals surface area contributed by atoms with Crippen LogP contribution in [0, 0.1) is 0 Å². The summed E-state index contributed by atoms with van der Waals surface area (Å²) in [7, 11) is 1.57. The van der Waals surface area contributed by atoms with Crippen LogP contribution in [0.25, 0.3) is 0 Å². The fraction of sp³-hybridized carbons (Fsp3) is 0.364. The van der Waals surface area contributed by atoms with Crippen LogP contribution in [-0.4, -0.2) is 27.0 Å². The summed E-state index contributed by atoms with van der Waals surface area (Å²) < 4.78 is 5.85. The number of aromatic amines is 1. The summed E-state index contributed by atoms with van der Waals surface area (Å²) >= 11 is 3.32. The van der Waals surface area contributed by atoms with E-state index in [1.807, 2.05) is 0 Å². The van der Waals surface area contributed by atoms with Crippen LogP contribution in [0.1, 0.15) is 25.2 Å². The number of hydrogen-bond donors (Lipinski definition) is 2. The van der Waals surface area contributed by atoms with E-state index in [9.17, 15) is 0 Å². The highest BCUT2D eigenvalue weighted by Crippen LogP contribution is 2.24. The van der Waals surface area contributed by atoms with Gasteiger partial charge >= 0.3 is 0 Å². The van der Waals surface area contributed by atoms with E-state index in [0.29, 0.717) is 11.8 Å². The molecule has 0 bridgehead atoms. The van der Waals surface area contributed by atoms with Crippen LogP contribution in [0.3, 0.4) is 0 Å². The molecule has 18 heavy (non-hydrogen) atoms. The molecule has 0 amide bonds. The van der Waals surface area contributed by atoms with E-state index in [-0.39, 0.29) is 6.04 Å². The van der Waals surface area contributed by atoms with Gasteiger partial charge in [0.05, 0.1) is 23.8 Å². The Morgan fingerprint density at radius 3 is 2.94 bits per heavy atom. The molecule has 0 fully saturated rings. The van der Waals surface area contributed by atoms with Gasteiger partial charge in [0.2, 0.25) is 11.8 Å². The average molecular weight is 312 g/mol. The number of ether oxygens (including phenoxy) is 1. The van der Waals surface area contributed by atoms with Crippen molar-refractivity contribution in [1.82, 2.24) is 19.9 Å². The smallest absolute Gasteiger partial charge is 0.232 e. The topological polar surface area (TPSA) is 75.7 Å². The Morgan fingerprint density at radius 1 is 1.50 bits per heavy atom. The Bertz CT molecular complexity index is 502. The molecule has 0 aliphatic carbocycles. The van der Waals surface area contributed by atoms with E-state index < -0.39 is 0 Å². The maximum Gasteiger partial charge on any atom is 0.232 e. The highest BCUT2D eigenvalue weighted by atomic mass is 79.9. The van der Waals surface area contributed by atoms with Gasteiger partial charge in [-0.1, -0.05) is 6.92 Å². The minimum Gasteiger partial charge on any atom is -0.480 e. The lowest BCUT2D eigenvalue weighted by molar-refractivity contribution is 0.394. The first-order valence-corrected chi connectivity index (χ1v) is 6.36. The molecule has 1 unspecified atom stereocenters. The Kier molecular flexibility index (Phi) is 4.14. The summed E-state index contributed by atoms with van der Waals surface area (Å²) in [5, 5.41) is 3.22. The molecular weight excluding hydrogens is 298 g/mol. The van der Waals surface area contributed by atoms with Gasteiger partial charge in [-0.25, -0.2) is 9.97 Å². The zero-order valence-corrected chi connectivity index (χ0v) is 11.7. The van der Waals surface area contributed by atoms with Gasteiger partial charge in [-0.3, -0.25) is 0 Å². The highest BCUT2D eigenvalue weighted by Gasteiger charge is 2.14. The molecule has 0 spiro atoms. The second-order valence-corrected chi connectivity index (χ2v) is 4.48. The molecule has 0 saturated heterocycles. The zero-order chi connectivity index (χ0) is 13.0. The summed E-state index contributed by atoms with van der Waals surface area (Å²) in [6, 6.07) is 0.0471. The summed E-state index contributed by atoms with van der Waals surface area (Å²) in [6.45, 7) is 2.07. The lowest BCUT2D eigenvalue weighted by Crippen LogP contribution is -2.13. The summed E-state index contributed by atoms with van der Waals surface area (Å²) in [5.41, 5.74) is 0. The fourth-order valence-electron chi connectivity index (χ4n) is 1.55. The first kappa shape index (κ1) is 12.8. The van der Waals surface area contributed by atoms with Crippen LogP contribution in [0.2, 0.25) is 0 Å². The lowest BCUT2D eigenvalue weighted by Gasteiger charge is -2.15. The van der Waals surface area contributed by atoms with E-state index in [0.717, 1.165) is 16.7 Å². The Balaban J connectivity index is 2.17. The maximum absolute atomic E-state index is 5.13. The monoisotopic (exact) mass is 311 g/mol. The number of H-pyrrole nitrogens is 1. The first-order chi connectivity index (χ1) is 8.74. The van der Waals surface area contributed by atoms with Crippen molar-refractivity contribution in [3.63, 3.8) is 0 Å². The van der Waals surface area contributed by atoms with Crippen LogP contribution in [0.15, 0.2) is 23.1 Å². The Hall–Kier alpha value is -1.63. The fourth-order valence-corrected chi connectivity index (χ4v) is 1.90. The van der Waals surface area contributed by atoms with Crippen molar-refractivity contribution in [2.45, 2.75) is 19.4 Å². The normalized spacial score (nSPS) is 12.2. The van der Waals surface area contributed by atoms with Crippen molar-refractivity contribution in [2.75, 3.05) is 12.4 Å². The van der Waals surface area contributed by atoms with Crippen molar-refractivity contribution >= 4 is 21.9 Å². The second kappa shape index (κ2) is 5.81. The van der Waals surface area contributed by atoms with Crippen LogP contribution < -0.4 is 10.1 Å². The van der Waals surface area contributed by atoms with Crippen molar-refractivity contribution in [3.05, 3.63) is 28.9 Å². The van der Waals surface area contributed by atoms with Gasteiger partial charge in [0.15, 0.2) is 0 Å². The van der Waals surface area contributed by atoms with Crippen molar-refractivity contribution < 1.29 is 4.74 Å². The molecule has 0 aliphatic rings. The number of nitrogens with one attached hydrogen (secondary N) is 2. The van der Waals surface area contributed by atoms with Gasteiger partial charge in [-0.2, -0.15) is 4.98 Å². The van der Waals surface area contributed by atoms with Crippen LogP contribution in [-0.2, 0) is 0 Å². The number of anilines is 1. The minimum absolute atomic E-state index is 0.0471. The predicted molar refractivity (Wildman–Crippen MR) is 71.5 cm³/mol. The molecule has 2 aromatic rings. The van der Waals surface area contributed by atoms with Gasteiger partial charge in [-0.05, 0) is 22.4 Å². The number of aromatic nitrogens is 4. The molecule has 2 aromatic heterocycles. The standard InChI is InChI=1S/C11H14BrN5O/c1-3-8(9-13-4-5-14-9)16-11-15-6-7(12)10(17-11)18-2/h4-6,8H,3H2,1-2H3,(H,13,14)(H,15,16,17). The van der Waals surface area contributed by atoms with Crippen molar-refractivity contribution in [3.8, 4) is 5.88 Å². The summed E-state index contributed by atoms with van der Waals surface area (Å²) in [5.74, 6) is 1.88. The largest absolute Gasteiger partial charge is 0.480 e. The predicted octanol–water partition coefficient (Wildman–Crippen LogP) is 2.53. The van der Waals surface area contributed by atoms with Crippen LogP contribution in [0.5, 0.6) is 5.88 Å². The van der Waals surface area contributed by atoms with E-state index >= 15 is 0 Å². The van der Waals surface area contributed by atoms with Gasteiger partial charge in [0.25, 0.3) is 0 Å². The molecular formula is C11H14BrN5O. The average Bonchev–Trinajstić information content (AvgIpc) is 2.91. The number of rotatable bonds is 5. The van der Waals surface area contributed by atoms with Gasteiger partial charge in [0.1, 0.15) is 5.82 Å². The van der Waals surface area contributed by atoms with Crippen molar-refractivity contribution in [1.29, 1.82) is 0 Å². The van der Waals surface area contributed by atoms with Gasteiger partial charge in [-0.15, -0.1) is 0 Å². The molecule has 6 nitrogen and oxygen atoms in total. The van der Waals surface area contributed by atoms with E-state index in [1.54, 1.807) is 25.7 Å². The third kappa shape index (κ3) is 2.79. The number of methoxy groups -OCH3 is 1. The third-order valence-corrected chi connectivity index (χ3v) is 3.01. The number of nitrogens with zero attached hydrogens (tertiary/aromatic N) is 3. The quantitative estimate of drug-likeness (QED) is 0.887. The molecule has 1 atom stereocenters. The van der Waals surface area contributed by atoms with E-state index in [2.05, 4.69) is 48.1 Å². The molecule has 96 valence electrons. The number of hydrogen-bond acceptors (Lipinski definition) is 5. The number of imidazole rings is 1. The molecule has 2 rings (SSSR count). The molecule has 7 heteroatoms. The van der Waals surface area contributed by atoms with Crippen molar-refractivity contribution in [2.24, 2.45) is 0 Å². The maximum atomic E-state index is 5.13. The van der Waals surface area contributed by atoms with Crippen LogP contribution in [0.4, 0.5) is 5.95 Å². The van der Waals surface area contributed by atoms with Gasteiger partial charge in [0, 0.05) is 12.4 Å². The van der Waals surface area contributed by atoms with Crippen LogP contribution >= 0.6 is 15.9 Å². The SMILES string of the molecule is CCC(Nc1ncc(Br)c(OC)n1)c1ncc[nH]1. The summed E-state index contributed by atoms with van der Waals surface area (Å²) in [6.07, 6.45) is 6.05. The second-order valence-electron chi connectivity index (χ2n) is 3.63. The molecule has 2 heterocycles. The zero-order valence-electron chi connectivity index (χ0n) is 10.1. The molecule has 0 saturated carbocycles. The van der Waals surface area contributed by atoms with E-state index in [4.69, 9.17) is 4.74 Å². The molecule has 0 aliphatic heterocycles. The third-order valence-electron chi connectivity index (χ3n) is 2.47. The highest BCUT2D eigenvalue weighted by molar-refractivity contribution is 9.10. The van der Waals surface area contributed by atoms with E-state index in [1.165, 1.54) is 0 Å². The Labute approximate surface area is 113 Å². The minimum atomic E-state index is 0.0471. The molecule has 2 N–H and O–H groups in total. The lowest BCUT2D eigenvalue weighted by atomic mass is 10.2. The summed E-state index contributed by atoms with van der Waals surface area (Å²) in [4.78, 5) is 15.8.